The number of carbonyl (C=O) groups excluding carboxylic acids is 1. The SMILES string of the molecule is CC(Sc1nncn1-c1cccc(Cl)c1)C(=O)c1c(N)n(C)c(=O)n(C)c1=O. The third kappa shape index (κ3) is 3.48. The number of aromatic nitrogens is 5. The van der Waals surface area contributed by atoms with Crippen molar-refractivity contribution in [3.05, 3.63) is 62.0 Å². The van der Waals surface area contributed by atoms with Crippen LogP contribution >= 0.6 is 23.4 Å². The number of rotatable bonds is 5. The summed E-state index contributed by atoms with van der Waals surface area (Å²) in [5.74, 6) is -0.666. The Bertz CT molecular complexity index is 1180. The molecule has 2 heterocycles. The highest BCUT2D eigenvalue weighted by atomic mass is 35.5. The van der Waals surface area contributed by atoms with Crippen LogP contribution in [0.4, 0.5) is 5.82 Å². The normalized spacial score (nSPS) is 12.1. The van der Waals surface area contributed by atoms with Gasteiger partial charge in [0.25, 0.3) is 5.56 Å². The molecule has 9 nitrogen and oxygen atoms in total. The lowest BCUT2D eigenvalue weighted by Gasteiger charge is -2.14. The van der Waals surface area contributed by atoms with Crippen LogP contribution in [0.5, 0.6) is 0 Å². The topological polar surface area (TPSA) is 118 Å². The predicted octanol–water partition coefficient (Wildman–Crippen LogP) is 1.26. The summed E-state index contributed by atoms with van der Waals surface area (Å²) < 4.78 is 3.61. The van der Waals surface area contributed by atoms with E-state index in [1.165, 1.54) is 20.4 Å². The van der Waals surface area contributed by atoms with Gasteiger partial charge in [0.2, 0.25) is 0 Å². The molecule has 0 aliphatic rings. The second-order valence-electron chi connectivity index (χ2n) is 6.05. The van der Waals surface area contributed by atoms with Crippen LogP contribution in [0.2, 0.25) is 5.02 Å². The number of benzene rings is 1. The molecule has 0 saturated heterocycles. The van der Waals surface area contributed by atoms with E-state index >= 15 is 0 Å². The predicted molar refractivity (Wildman–Crippen MR) is 107 cm³/mol. The minimum absolute atomic E-state index is 0.165. The number of thioether (sulfide) groups is 1. The van der Waals surface area contributed by atoms with E-state index in [9.17, 15) is 14.4 Å². The minimum atomic E-state index is -0.727. The Labute approximate surface area is 168 Å². The summed E-state index contributed by atoms with van der Waals surface area (Å²) in [6.45, 7) is 1.63. The van der Waals surface area contributed by atoms with Crippen LogP contribution in [0.3, 0.4) is 0 Å². The summed E-state index contributed by atoms with van der Waals surface area (Å²) in [4.78, 5) is 37.3. The van der Waals surface area contributed by atoms with Crippen LogP contribution in [0.1, 0.15) is 17.3 Å². The van der Waals surface area contributed by atoms with E-state index < -0.39 is 22.3 Å². The van der Waals surface area contributed by atoms with Crippen molar-refractivity contribution in [3.8, 4) is 5.69 Å². The first kappa shape index (κ1) is 19.9. The first-order valence-electron chi connectivity index (χ1n) is 8.14. The summed E-state index contributed by atoms with van der Waals surface area (Å²) in [6, 6.07) is 7.09. The number of hydrogen-bond donors (Lipinski definition) is 1. The van der Waals surface area contributed by atoms with Gasteiger partial charge in [0.15, 0.2) is 10.9 Å². The molecule has 0 aliphatic heterocycles. The van der Waals surface area contributed by atoms with Crippen molar-refractivity contribution in [2.75, 3.05) is 5.73 Å². The number of hydrogen-bond acceptors (Lipinski definition) is 7. The van der Waals surface area contributed by atoms with Crippen LogP contribution in [0.15, 0.2) is 45.3 Å². The molecule has 0 saturated carbocycles. The fourth-order valence-electron chi connectivity index (χ4n) is 2.61. The fraction of sp³-hybridized carbons (Fsp3) is 0.235. The minimum Gasteiger partial charge on any atom is -0.384 e. The summed E-state index contributed by atoms with van der Waals surface area (Å²) in [7, 11) is 2.70. The van der Waals surface area contributed by atoms with Crippen molar-refractivity contribution in [2.45, 2.75) is 17.3 Å². The van der Waals surface area contributed by atoms with Gasteiger partial charge in [0.05, 0.1) is 10.9 Å². The van der Waals surface area contributed by atoms with Crippen LogP contribution in [-0.4, -0.2) is 34.9 Å². The first-order valence-corrected chi connectivity index (χ1v) is 9.40. The van der Waals surface area contributed by atoms with Crippen LogP contribution in [0, 0.1) is 0 Å². The number of Topliss-reactive ketones (excluding diaryl/α,β-unsaturated/α-hetero) is 1. The first-order chi connectivity index (χ1) is 13.2. The maximum atomic E-state index is 12.9. The van der Waals surface area contributed by atoms with E-state index in [0.717, 1.165) is 26.6 Å². The molecule has 0 amide bonds. The van der Waals surface area contributed by atoms with Crippen molar-refractivity contribution < 1.29 is 4.79 Å². The monoisotopic (exact) mass is 420 g/mol. The lowest BCUT2D eigenvalue weighted by molar-refractivity contribution is 0.0992. The molecule has 1 atom stereocenters. The summed E-state index contributed by atoms with van der Waals surface area (Å²) in [5.41, 5.74) is 5.06. The second kappa shape index (κ2) is 7.64. The molecule has 1 unspecified atom stereocenters. The van der Waals surface area contributed by atoms with Gasteiger partial charge >= 0.3 is 5.69 Å². The molecule has 3 aromatic rings. The molecule has 11 heteroatoms. The molecule has 146 valence electrons. The smallest absolute Gasteiger partial charge is 0.332 e. The van der Waals surface area contributed by atoms with Gasteiger partial charge in [0, 0.05) is 19.1 Å². The molecule has 0 aliphatic carbocycles. The standard InChI is InChI=1S/C17H17ClN6O3S/c1-9(13(25)12-14(19)22(2)17(27)23(3)15(12)26)28-16-21-20-8-24(16)11-6-4-5-10(18)7-11/h4-9H,19H2,1-3H3. The van der Waals surface area contributed by atoms with Gasteiger partial charge in [-0.1, -0.05) is 29.4 Å². The molecule has 2 aromatic heterocycles. The zero-order chi connectivity index (χ0) is 20.6. The van der Waals surface area contributed by atoms with Gasteiger partial charge in [-0.05, 0) is 25.1 Å². The number of halogens is 1. The van der Waals surface area contributed by atoms with Crippen molar-refractivity contribution >= 4 is 35.0 Å². The largest absolute Gasteiger partial charge is 0.384 e. The molecule has 2 N–H and O–H groups in total. The van der Waals surface area contributed by atoms with E-state index in [4.69, 9.17) is 17.3 Å². The Morgan fingerprint density at radius 1 is 1.25 bits per heavy atom. The van der Waals surface area contributed by atoms with E-state index in [1.807, 2.05) is 6.07 Å². The molecule has 1 aromatic carbocycles. The Balaban J connectivity index is 1.95. The van der Waals surface area contributed by atoms with Gasteiger partial charge in [0.1, 0.15) is 17.7 Å². The van der Waals surface area contributed by atoms with Gasteiger partial charge in [-0.2, -0.15) is 0 Å². The van der Waals surface area contributed by atoms with Gasteiger partial charge < -0.3 is 5.73 Å². The number of ketones is 1. The zero-order valence-corrected chi connectivity index (χ0v) is 16.9. The maximum Gasteiger partial charge on any atom is 0.332 e. The molecular formula is C17H17ClN6O3S. The average Bonchev–Trinajstić information content (AvgIpc) is 3.13. The zero-order valence-electron chi connectivity index (χ0n) is 15.3. The molecule has 3 rings (SSSR count). The molecular weight excluding hydrogens is 404 g/mol. The van der Waals surface area contributed by atoms with E-state index in [-0.39, 0.29) is 11.4 Å². The van der Waals surface area contributed by atoms with E-state index in [0.29, 0.717) is 10.2 Å². The van der Waals surface area contributed by atoms with Crippen molar-refractivity contribution in [1.29, 1.82) is 0 Å². The number of anilines is 1. The highest BCUT2D eigenvalue weighted by Crippen LogP contribution is 2.27. The molecule has 0 bridgehead atoms. The summed E-state index contributed by atoms with van der Waals surface area (Å²) >= 11 is 7.15. The Morgan fingerprint density at radius 2 is 1.96 bits per heavy atom. The van der Waals surface area contributed by atoms with E-state index in [1.54, 1.807) is 29.7 Å². The van der Waals surface area contributed by atoms with Crippen molar-refractivity contribution in [2.24, 2.45) is 14.1 Å². The third-order valence-electron chi connectivity index (χ3n) is 4.21. The molecule has 0 spiro atoms. The lowest BCUT2D eigenvalue weighted by Crippen LogP contribution is -2.42. The molecule has 0 fully saturated rings. The maximum absolute atomic E-state index is 12.9. The van der Waals surface area contributed by atoms with Crippen LogP contribution in [-0.2, 0) is 14.1 Å². The van der Waals surface area contributed by atoms with E-state index in [2.05, 4.69) is 10.2 Å². The van der Waals surface area contributed by atoms with Crippen LogP contribution < -0.4 is 17.0 Å². The average molecular weight is 421 g/mol. The van der Waals surface area contributed by atoms with Gasteiger partial charge in [-0.3, -0.25) is 23.3 Å². The highest BCUT2D eigenvalue weighted by Gasteiger charge is 2.26. The van der Waals surface area contributed by atoms with Crippen LogP contribution in [0.25, 0.3) is 5.69 Å². The second-order valence-corrected chi connectivity index (χ2v) is 7.80. The lowest BCUT2D eigenvalue weighted by atomic mass is 10.1. The summed E-state index contributed by atoms with van der Waals surface area (Å²) in [5, 5.41) is 8.23. The number of carbonyl (C=O) groups is 1. The fourth-order valence-corrected chi connectivity index (χ4v) is 3.70. The quantitative estimate of drug-likeness (QED) is 0.487. The number of nitrogens with zero attached hydrogens (tertiary/aromatic N) is 5. The van der Waals surface area contributed by atoms with Gasteiger partial charge in [-0.15, -0.1) is 10.2 Å². The summed E-state index contributed by atoms with van der Waals surface area (Å²) in [6.07, 6.45) is 1.50. The Hall–Kier alpha value is -2.85. The molecule has 28 heavy (non-hydrogen) atoms. The molecule has 0 radical (unpaired) electrons. The number of nitrogen functional groups attached to an aromatic ring is 1. The van der Waals surface area contributed by atoms with Gasteiger partial charge in [-0.25, -0.2) is 4.79 Å². The Morgan fingerprint density at radius 3 is 2.64 bits per heavy atom. The highest BCUT2D eigenvalue weighted by molar-refractivity contribution is 8.00. The van der Waals surface area contributed by atoms with Crippen molar-refractivity contribution in [1.82, 2.24) is 23.9 Å². The Kier molecular flexibility index (Phi) is 5.43. The van der Waals surface area contributed by atoms with Crippen molar-refractivity contribution in [3.63, 3.8) is 0 Å². The number of nitrogens with two attached hydrogens (primary N) is 1. The third-order valence-corrected chi connectivity index (χ3v) is 5.50.